The van der Waals surface area contributed by atoms with Crippen molar-refractivity contribution in [1.82, 2.24) is 9.88 Å². The lowest BCUT2D eigenvalue weighted by Gasteiger charge is -2.24. The Hall–Kier alpha value is -1.94. The number of nitrogens with zero attached hydrogens (tertiary/aromatic N) is 1. The number of carbonyl (C=O) groups excluding carboxylic acids is 1. The highest BCUT2D eigenvalue weighted by atomic mass is 35.5. The molecule has 3 rings (SSSR count). The monoisotopic (exact) mass is 289 g/mol. The topological polar surface area (TPSA) is 62.1 Å². The van der Waals surface area contributed by atoms with Gasteiger partial charge in [0, 0.05) is 24.1 Å². The fraction of sp³-hybridized carbons (Fsp3) is 0.267. The fourth-order valence-corrected chi connectivity index (χ4v) is 2.94. The molecule has 1 aromatic heterocycles. The first kappa shape index (κ1) is 13.1. The average molecular weight is 290 g/mol. The number of rotatable bonds is 2. The number of aromatic nitrogens is 1. The summed E-state index contributed by atoms with van der Waals surface area (Å²) in [6.45, 7) is 0.744. The van der Waals surface area contributed by atoms with Crippen molar-refractivity contribution in [2.45, 2.75) is 18.9 Å². The number of H-pyrrole nitrogens is 1. The second-order valence-corrected chi connectivity index (χ2v) is 5.43. The van der Waals surface area contributed by atoms with Crippen molar-refractivity contribution in [3.05, 3.63) is 52.8 Å². The van der Waals surface area contributed by atoms with Crippen molar-refractivity contribution >= 4 is 23.2 Å². The van der Waals surface area contributed by atoms with E-state index < -0.39 is 0 Å². The molecule has 0 aliphatic carbocycles. The Balaban J connectivity index is 1.91. The SMILES string of the molecule is Nc1ccc(Cl)c(C(=O)N2CCCC2c2ccc[nH]2)c1. The van der Waals surface area contributed by atoms with Gasteiger partial charge in [-0.15, -0.1) is 0 Å². The van der Waals surface area contributed by atoms with E-state index in [2.05, 4.69) is 4.98 Å². The van der Waals surface area contributed by atoms with Gasteiger partial charge in [0.1, 0.15) is 0 Å². The molecule has 104 valence electrons. The quantitative estimate of drug-likeness (QED) is 0.834. The maximum absolute atomic E-state index is 12.7. The lowest BCUT2D eigenvalue weighted by atomic mass is 10.1. The smallest absolute Gasteiger partial charge is 0.256 e. The van der Waals surface area contributed by atoms with Crippen molar-refractivity contribution in [2.75, 3.05) is 12.3 Å². The Kier molecular flexibility index (Phi) is 3.40. The van der Waals surface area contributed by atoms with E-state index in [-0.39, 0.29) is 11.9 Å². The lowest BCUT2D eigenvalue weighted by Crippen LogP contribution is -2.31. The summed E-state index contributed by atoms with van der Waals surface area (Å²) in [5.41, 5.74) is 7.85. The van der Waals surface area contributed by atoms with Gasteiger partial charge in [-0.25, -0.2) is 0 Å². The number of nitrogens with one attached hydrogen (secondary N) is 1. The summed E-state index contributed by atoms with van der Waals surface area (Å²) >= 11 is 6.13. The number of halogens is 1. The fourth-order valence-electron chi connectivity index (χ4n) is 2.75. The van der Waals surface area contributed by atoms with Gasteiger partial charge >= 0.3 is 0 Å². The third kappa shape index (κ3) is 2.27. The van der Waals surface area contributed by atoms with Crippen molar-refractivity contribution in [3.8, 4) is 0 Å². The Labute approximate surface area is 122 Å². The summed E-state index contributed by atoms with van der Waals surface area (Å²) in [6, 6.07) is 9.07. The number of hydrogen-bond acceptors (Lipinski definition) is 2. The number of anilines is 1. The van der Waals surface area contributed by atoms with Gasteiger partial charge in [0.15, 0.2) is 0 Å². The standard InChI is InChI=1S/C15H16ClN3O/c16-12-6-5-10(17)9-11(12)15(20)19-8-2-4-14(19)13-3-1-7-18-13/h1,3,5-7,9,14,18H,2,4,8,17H2. The number of nitrogen functional groups attached to an aromatic ring is 1. The van der Waals surface area contributed by atoms with Crippen molar-refractivity contribution in [2.24, 2.45) is 0 Å². The van der Waals surface area contributed by atoms with E-state index in [4.69, 9.17) is 17.3 Å². The van der Waals surface area contributed by atoms with E-state index >= 15 is 0 Å². The van der Waals surface area contributed by atoms with Crippen LogP contribution in [0.5, 0.6) is 0 Å². The third-order valence-electron chi connectivity index (χ3n) is 3.72. The highest BCUT2D eigenvalue weighted by Gasteiger charge is 2.31. The van der Waals surface area contributed by atoms with Gasteiger partial charge in [-0.1, -0.05) is 11.6 Å². The van der Waals surface area contributed by atoms with Crippen LogP contribution in [0.3, 0.4) is 0 Å². The molecule has 1 atom stereocenters. The Bertz CT molecular complexity index is 624. The molecule has 1 fully saturated rings. The molecule has 0 saturated carbocycles. The molecule has 1 aliphatic rings. The van der Waals surface area contributed by atoms with Crippen LogP contribution in [0, 0.1) is 0 Å². The first-order chi connectivity index (χ1) is 9.66. The number of aromatic amines is 1. The molecule has 4 nitrogen and oxygen atoms in total. The third-order valence-corrected chi connectivity index (χ3v) is 4.05. The van der Waals surface area contributed by atoms with E-state index in [9.17, 15) is 4.79 Å². The Morgan fingerprint density at radius 1 is 1.40 bits per heavy atom. The summed E-state index contributed by atoms with van der Waals surface area (Å²) in [7, 11) is 0. The normalized spacial score (nSPS) is 18.4. The summed E-state index contributed by atoms with van der Waals surface area (Å²) in [4.78, 5) is 17.8. The van der Waals surface area contributed by atoms with E-state index in [0.717, 1.165) is 25.1 Å². The lowest BCUT2D eigenvalue weighted by molar-refractivity contribution is 0.0733. The maximum atomic E-state index is 12.7. The predicted octanol–water partition coefficient (Wildman–Crippen LogP) is 3.23. The van der Waals surface area contributed by atoms with Crippen LogP contribution in [0.4, 0.5) is 5.69 Å². The molecular formula is C15H16ClN3O. The number of carbonyl (C=O) groups is 1. The molecule has 20 heavy (non-hydrogen) atoms. The van der Waals surface area contributed by atoms with Crippen LogP contribution in [-0.4, -0.2) is 22.3 Å². The van der Waals surface area contributed by atoms with Crippen LogP contribution in [0.15, 0.2) is 36.5 Å². The van der Waals surface area contributed by atoms with Gasteiger partial charge in [0.25, 0.3) is 5.91 Å². The van der Waals surface area contributed by atoms with E-state index in [1.54, 1.807) is 18.2 Å². The predicted molar refractivity (Wildman–Crippen MR) is 79.7 cm³/mol. The summed E-state index contributed by atoms with van der Waals surface area (Å²) < 4.78 is 0. The first-order valence-electron chi connectivity index (χ1n) is 6.66. The summed E-state index contributed by atoms with van der Waals surface area (Å²) in [6.07, 6.45) is 3.84. The molecule has 3 N–H and O–H groups in total. The molecule has 2 aromatic rings. The van der Waals surface area contributed by atoms with Crippen molar-refractivity contribution < 1.29 is 4.79 Å². The molecule has 2 heterocycles. The molecule has 1 saturated heterocycles. The number of hydrogen-bond donors (Lipinski definition) is 2. The first-order valence-corrected chi connectivity index (χ1v) is 7.04. The van der Waals surface area contributed by atoms with Gasteiger partial charge in [0.2, 0.25) is 0 Å². The second-order valence-electron chi connectivity index (χ2n) is 5.02. The number of amides is 1. The van der Waals surface area contributed by atoms with Gasteiger partial charge in [0.05, 0.1) is 16.6 Å². The Morgan fingerprint density at radius 3 is 3.00 bits per heavy atom. The largest absolute Gasteiger partial charge is 0.399 e. The number of benzene rings is 1. The molecule has 1 amide bonds. The van der Waals surface area contributed by atoms with Gasteiger partial charge < -0.3 is 15.6 Å². The number of likely N-dealkylation sites (tertiary alicyclic amines) is 1. The summed E-state index contributed by atoms with van der Waals surface area (Å²) in [5, 5.41) is 0.446. The molecule has 1 aliphatic heterocycles. The van der Waals surface area contributed by atoms with Crippen LogP contribution in [0.2, 0.25) is 5.02 Å². The molecule has 1 aromatic carbocycles. The molecule has 5 heteroatoms. The Morgan fingerprint density at radius 2 is 2.25 bits per heavy atom. The van der Waals surface area contributed by atoms with E-state index in [1.807, 2.05) is 23.2 Å². The average Bonchev–Trinajstić information content (AvgIpc) is 3.10. The number of nitrogens with two attached hydrogens (primary N) is 1. The van der Waals surface area contributed by atoms with Crippen molar-refractivity contribution in [1.29, 1.82) is 0 Å². The highest BCUT2D eigenvalue weighted by Crippen LogP contribution is 2.33. The van der Waals surface area contributed by atoms with Gasteiger partial charge in [-0.05, 0) is 43.2 Å². The molecule has 1 unspecified atom stereocenters. The van der Waals surface area contributed by atoms with Crippen LogP contribution in [0.1, 0.15) is 34.9 Å². The van der Waals surface area contributed by atoms with E-state index in [0.29, 0.717) is 16.3 Å². The second kappa shape index (κ2) is 5.21. The van der Waals surface area contributed by atoms with Crippen molar-refractivity contribution in [3.63, 3.8) is 0 Å². The maximum Gasteiger partial charge on any atom is 0.256 e. The van der Waals surface area contributed by atoms with Crippen LogP contribution in [0.25, 0.3) is 0 Å². The minimum Gasteiger partial charge on any atom is -0.399 e. The summed E-state index contributed by atoms with van der Waals surface area (Å²) in [5.74, 6) is -0.0561. The van der Waals surface area contributed by atoms with Gasteiger partial charge in [-0.2, -0.15) is 0 Å². The molecular weight excluding hydrogens is 274 g/mol. The van der Waals surface area contributed by atoms with Crippen LogP contribution >= 0.6 is 11.6 Å². The zero-order chi connectivity index (χ0) is 14.1. The minimum atomic E-state index is -0.0561. The highest BCUT2D eigenvalue weighted by molar-refractivity contribution is 6.34. The molecule has 0 radical (unpaired) electrons. The molecule has 0 spiro atoms. The van der Waals surface area contributed by atoms with Crippen LogP contribution < -0.4 is 5.73 Å². The van der Waals surface area contributed by atoms with Gasteiger partial charge in [-0.3, -0.25) is 4.79 Å². The minimum absolute atomic E-state index is 0.0561. The zero-order valence-corrected chi connectivity index (χ0v) is 11.7. The van der Waals surface area contributed by atoms with Crippen LogP contribution in [-0.2, 0) is 0 Å². The zero-order valence-electron chi connectivity index (χ0n) is 11.0. The van der Waals surface area contributed by atoms with E-state index in [1.165, 1.54) is 0 Å². The molecule has 0 bridgehead atoms.